The maximum atomic E-state index is 9.50. The van der Waals surface area contributed by atoms with Gasteiger partial charge in [-0.3, -0.25) is 0 Å². The Kier molecular flexibility index (Phi) is 4.14. The van der Waals surface area contributed by atoms with Gasteiger partial charge in [-0.05, 0) is 42.7 Å². The van der Waals surface area contributed by atoms with E-state index in [9.17, 15) is 5.11 Å². The van der Waals surface area contributed by atoms with E-state index in [0.717, 1.165) is 30.4 Å². The van der Waals surface area contributed by atoms with Gasteiger partial charge in [0.15, 0.2) is 0 Å². The van der Waals surface area contributed by atoms with Crippen molar-refractivity contribution < 1.29 is 5.11 Å². The van der Waals surface area contributed by atoms with E-state index in [1.165, 1.54) is 12.8 Å². The molecule has 0 saturated carbocycles. The molecule has 1 fully saturated rings. The molecule has 2 heterocycles. The lowest BCUT2D eigenvalue weighted by molar-refractivity contribution is 0.197. The van der Waals surface area contributed by atoms with E-state index in [-0.39, 0.29) is 0 Å². The number of rotatable bonds is 2. The third-order valence-electron chi connectivity index (χ3n) is 4.30. The minimum atomic E-state index is -0.437. The average Bonchev–Trinajstić information content (AvgIpc) is 2.38. The number of nitrogens with zero attached hydrogens (tertiary/aromatic N) is 2. The van der Waals surface area contributed by atoms with Crippen LogP contribution in [0.2, 0.25) is 0 Å². The molecular formula is C16H26N2O. The lowest BCUT2D eigenvalue weighted by Crippen LogP contribution is -2.38. The molecule has 0 spiro atoms. The maximum Gasteiger partial charge on any atom is 0.128 e. The molecule has 1 N–H and O–H groups in total. The average molecular weight is 262 g/mol. The van der Waals surface area contributed by atoms with Crippen molar-refractivity contribution in [2.75, 3.05) is 18.0 Å². The smallest absolute Gasteiger partial charge is 0.128 e. The molecule has 1 aliphatic heterocycles. The molecule has 19 heavy (non-hydrogen) atoms. The SMILES string of the molecule is CC(O)c1ccc(N2CCC(C(C)(C)C)CC2)nc1. The van der Waals surface area contributed by atoms with Gasteiger partial charge in [0.05, 0.1) is 6.10 Å². The molecule has 1 aliphatic rings. The van der Waals surface area contributed by atoms with Crippen molar-refractivity contribution in [3.63, 3.8) is 0 Å². The molecular weight excluding hydrogens is 236 g/mol. The predicted molar refractivity (Wildman–Crippen MR) is 79.3 cm³/mol. The Bertz CT molecular complexity index is 398. The van der Waals surface area contributed by atoms with Gasteiger partial charge in [-0.15, -0.1) is 0 Å². The molecule has 0 radical (unpaired) electrons. The second kappa shape index (κ2) is 5.49. The first kappa shape index (κ1) is 14.3. The van der Waals surface area contributed by atoms with Crippen LogP contribution in [0.4, 0.5) is 5.82 Å². The fourth-order valence-corrected chi connectivity index (χ4v) is 2.81. The molecule has 0 amide bonds. The van der Waals surface area contributed by atoms with Gasteiger partial charge in [-0.25, -0.2) is 4.98 Å². The largest absolute Gasteiger partial charge is 0.389 e. The fourth-order valence-electron chi connectivity index (χ4n) is 2.81. The second-order valence-electron chi connectivity index (χ2n) is 6.75. The van der Waals surface area contributed by atoms with Crippen LogP contribution in [0.5, 0.6) is 0 Å². The molecule has 0 aromatic carbocycles. The van der Waals surface area contributed by atoms with Crippen molar-refractivity contribution in [1.82, 2.24) is 4.98 Å². The monoisotopic (exact) mass is 262 g/mol. The number of anilines is 1. The summed E-state index contributed by atoms with van der Waals surface area (Å²) in [5.74, 6) is 1.84. The van der Waals surface area contributed by atoms with Crippen LogP contribution in [-0.4, -0.2) is 23.2 Å². The Labute approximate surface area is 116 Å². The van der Waals surface area contributed by atoms with Crippen LogP contribution >= 0.6 is 0 Å². The highest BCUT2D eigenvalue weighted by molar-refractivity contribution is 5.40. The van der Waals surface area contributed by atoms with Crippen molar-refractivity contribution in [3.05, 3.63) is 23.9 Å². The van der Waals surface area contributed by atoms with Crippen LogP contribution in [0.3, 0.4) is 0 Å². The molecule has 3 nitrogen and oxygen atoms in total. The first-order chi connectivity index (χ1) is 8.88. The van der Waals surface area contributed by atoms with E-state index in [1.54, 1.807) is 13.1 Å². The van der Waals surface area contributed by atoms with Gasteiger partial charge in [0.2, 0.25) is 0 Å². The predicted octanol–water partition coefficient (Wildman–Crippen LogP) is 3.40. The summed E-state index contributed by atoms with van der Waals surface area (Å²) >= 11 is 0. The molecule has 0 aliphatic carbocycles. The van der Waals surface area contributed by atoms with E-state index < -0.39 is 6.10 Å². The number of hydrogen-bond donors (Lipinski definition) is 1. The summed E-state index contributed by atoms with van der Waals surface area (Å²) in [5, 5.41) is 9.50. The molecule has 0 bridgehead atoms. The number of aromatic nitrogens is 1. The van der Waals surface area contributed by atoms with Crippen molar-refractivity contribution >= 4 is 5.82 Å². The number of pyridine rings is 1. The van der Waals surface area contributed by atoms with Gasteiger partial charge in [-0.2, -0.15) is 0 Å². The van der Waals surface area contributed by atoms with Crippen LogP contribution in [0.1, 0.15) is 52.2 Å². The molecule has 1 unspecified atom stereocenters. The zero-order valence-corrected chi connectivity index (χ0v) is 12.6. The van der Waals surface area contributed by atoms with E-state index in [4.69, 9.17) is 0 Å². The van der Waals surface area contributed by atoms with Crippen LogP contribution < -0.4 is 4.90 Å². The molecule has 1 aromatic rings. The van der Waals surface area contributed by atoms with Crippen molar-refractivity contribution in [1.29, 1.82) is 0 Å². The van der Waals surface area contributed by atoms with E-state index in [0.29, 0.717) is 5.41 Å². The highest BCUT2D eigenvalue weighted by atomic mass is 16.3. The fraction of sp³-hybridized carbons (Fsp3) is 0.688. The Morgan fingerprint density at radius 2 is 1.89 bits per heavy atom. The minimum absolute atomic E-state index is 0.412. The number of piperidine rings is 1. The summed E-state index contributed by atoms with van der Waals surface area (Å²) in [6.45, 7) is 11.0. The summed E-state index contributed by atoms with van der Waals surface area (Å²) in [7, 11) is 0. The normalized spacial score (nSPS) is 19.5. The summed E-state index contributed by atoms with van der Waals surface area (Å²) in [6.07, 6.45) is 3.83. The van der Waals surface area contributed by atoms with Crippen LogP contribution in [0.15, 0.2) is 18.3 Å². The third kappa shape index (κ3) is 3.47. The summed E-state index contributed by atoms with van der Waals surface area (Å²) in [6, 6.07) is 4.00. The number of aliphatic hydroxyl groups excluding tert-OH is 1. The lowest BCUT2D eigenvalue weighted by atomic mass is 9.75. The van der Waals surface area contributed by atoms with Gasteiger partial charge in [-0.1, -0.05) is 26.8 Å². The zero-order chi connectivity index (χ0) is 14.0. The van der Waals surface area contributed by atoms with Gasteiger partial charge < -0.3 is 10.0 Å². The third-order valence-corrected chi connectivity index (χ3v) is 4.30. The Morgan fingerprint density at radius 3 is 2.32 bits per heavy atom. The van der Waals surface area contributed by atoms with Gasteiger partial charge in [0.25, 0.3) is 0 Å². The molecule has 106 valence electrons. The van der Waals surface area contributed by atoms with Gasteiger partial charge in [0, 0.05) is 19.3 Å². The standard InChI is InChI=1S/C16H26N2O/c1-12(19)13-5-6-15(17-11-13)18-9-7-14(8-10-18)16(2,3)4/h5-6,11-12,14,19H,7-10H2,1-4H3. The Balaban J connectivity index is 1.98. The van der Waals surface area contributed by atoms with Crippen LogP contribution in [0, 0.1) is 11.3 Å². The Hall–Kier alpha value is -1.09. The first-order valence-electron chi connectivity index (χ1n) is 7.27. The summed E-state index contributed by atoms with van der Waals surface area (Å²) in [5.41, 5.74) is 1.30. The van der Waals surface area contributed by atoms with Gasteiger partial charge >= 0.3 is 0 Å². The summed E-state index contributed by atoms with van der Waals surface area (Å²) in [4.78, 5) is 6.83. The highest BCUT2D eigenvalue weighted by Gasteiger charge is 2.29. The lowest BCUT2D eigenvalue weighted by Gasteiger charge is -2.39. The minimum Gasteiger partial charge on any atom is -0.389 e. The summed E-state index contributed by atoms with van der Waals surface area (Å²) < 4.78 is 0. The molecule has 2 rings (SSSR count). The Morgan fingerprint density at radius 1 is 1.26 bits per heavy atom. The van der Waals surface area contributed by atoms with Crippen molar-refractivity contribution in [2.45, 2.75) is 46.6 Å². The quantitative estimate of drug-likeness (QED) is 0.887. The molecule has 1 saturated heterocycles. The molecule has 1 aromatic heterocycles. The van der Waals surface area contributed by atoms with E-state index in [1.807, 2.05) is 12.1 Å². The topological polar surface area (TPSA) is 36.4 Å². The highest BCUT2D eigenvalue weighted by Crippen LogP contribution is 2.35. The number of aliphatic hydroxyl groups is 1. The van der Waals surface area contributed by atoms with Crippen molar-refractivity contribution in [2.24, 2.45) is 11.3 Å². The zero-order valence-electron chi connectivity index (χ0n) is 12.6. The van der Waals surface area contributed by atoms with Crippen LogP contribution in [-0.2, 0) is 0 Å². The van der Waals surface area contributed by atoms with Crippen molar-refractivity contribution in [3.8, 4) is 0 Å². The van der Waals surface area contributed by atoms with E-state index in [2.05, 4.69) is 30.7 Å². The molecule has 3 heteroatoms. The second-order valence-corrected chi connectivity index (χ2v) is 6.75. The van der Waals surface area contributed by atoms with E-state index >= 15 is 0 Å². The van der Waals surface area contributed by atoms with Crippen LogP contribution in [0.25, 0.3) is 0 Å². The maximum absolute atomic E-state index is 9.50. The first-order valence-corrected chi connectivity index (χ1v) is 7.27. The number of hydrogen-bond acceptors (Lipinski definition) is 3. The molecule has 1 atom stereocenters. The van der Waals surface area contributed by atoms with Gasteiger partial charge in [0.1, 0.15) is 5.82 Å².